The van der Waals surface area contributed by atoms with Crippen molar-refractivity contribution in [3.8, 4) is 0 Å². The second-order valence-corrected chi connectivity index (χ2v) is 6.56. The van der Waals surface area contributed by atoms with E-state index in [4.69, 9.17) is 10.5 Å². The highest BCUT2D eigenvalue weighted by Gasteiger charge is 2.38. The van der Waals surface area contributed by atoms with Gasteiger partial charge in [0.25, 0.3) is 0 Å². The molecule has 112 valence electrons. The van der Waals surface area contributed by atoms with Crippen LogP contribution in [0.3, 0.4) is 0 Å². The molecule has 1 saturated heterocycles. The van der Waals surface area contributed by atoms with Crippen molar-refractivity contribution in [2.24, 2.45) is 11.7 Å². The van der Waals surface area contributed by atoms with Crippen molar-refractivity contribution in [3.05, 3.63) is 0 Å². The number of piperidine rings is 1. The molecule has 1 heterocycles. The summed E-state index contributed by atoms with van der Waals surface area (Å²) in [5, 5.41) is 0. The zero-order valence-corrected chi connectivity index (χ0v) is 12.9. The summed E-state index contributed by atoms with van der Waals surface area (Å²) < 4.78 is 5.49. The van der Waals surface area contributed by atoms with Gasteiger partial charge in [-0.3, -0.25) is 4.90 Å². The van der Waals surface area contributed by atoms with Crippen molar-refractivity contribution in [1.82, 2.24) is 4.90 Å². The molecule has 2 unspecified atom stereocenters. The first-order valence-electron chi connectivity index (χ1n) is 8.22. The number of rotatable bonds is 4. The summed E-state index contributed by atoms with van der Waals surface area (Å²) in [5.74, 6) is 0.935. The minimum atomic E-state index is 0.294. The van der Waals surface area contributed by atoms with Crippen LogP contribution in [0, 0.1) is 5.92 Å². The van der Waals surface area contributed by atoms with E-state index in [1.165, 1.54) is 64.5 Å². The van der Waals surface area contributed by atoms with Gasteiger partial charge in [0.15, 0.2) is 0 Å². The molecule has 0 radical (unpaired) electrons. The van der Waals surface area contributed by atoms with Crippen molar-refractivity contribution >= 4 is 0 Å². The zero-order valence-electron chi connectivity index (χ0n) is 12.9. The van der Waals surface area contributed by atoms with Crippen molar-refractivity contribution in [2.75, 3.05) is 26.7 Å². The number of nitrogens with two attached hydrogens (primary N) is 1. The summed E-state index contributed by atoms with van der Waals surface area (Å²) in [7, 11) is 1.84. The standard InChI is InChI=1S/C16H32N2O/c1-3-14-5-4-9-16(13-17,10-6-14)18-11-7-15(19-2)8-12-18/h14-15H,3-13,17H2,1-2H3. The van der Waals surface area contributed by atoms with Crippen LogP contribution in [0.15, 0.2) is 0 Å². The van der Waals surface area contributed by atoms with E-state index in [-0.39, 0.29) is 0 Å². The van der Waals surface area contributed by atoms with Gasteiger partial charge in [-0.2, -0.15) is 0 Å². The second kappa shape index (κ2) is 7.05. The lowest BCUT2D eigenvalue weighted by atomic mass is 9.85. The maximum absolute atomic E-state index is 6.22. The Morgan fingerprint density at radius 2 is 1.89 bits per heavy atom. The third-order valence-electron chi connectivity index (χ3n) is 5.68. The van der Waals surface area contributed by atoms with E-state index in [9.17, 15) is 0 Å². The highest BCUT2D eigenvalue weighted by atomic mass is 16.5. The molecule has 2 fully saturated rings. The van der Waals surface area contributed by atoms with Crippen LogP contribution in [0.5, 0.6) is 0 Å². The molecule has 1 saturated carbocycles. The lowest BCUT2D eigenvalue weighted by molar-refractivity contribution is -0.00812. The van der Waals surface area contributed by atoms with Crippen LogP contribution in [-0.4, -0.2) is 43.3 Å². The minimum absolute atomic E-state index is 0.294. The lowest BCUT2D eigenvalue weighted by Crippen LogP contribution is -2.56. The van der Waals surface area contributed by atoms with Gasteiger partial charge in [0, 0.05) is 32.3 Å². The Labute approximate surface area is 118 Å². The Bertz CT molecular complexity index is 263. The van der Waals surface area contributed by atoms with Crippen LogP contribution in [-0.2, 0) is 4.74 Å². The molecule has 2 rings (SSSR count). The topological polar surface area (TPSA) is 38.5 Å². The van der Waals surface area contributed by atoms with Gasteiger partial charge >= 0.3 is 0 Å². The van der Waals surface area contributed by atoms with Crippen LogP contribution in [0.4, 0.5) is 0 Å². The summed E-state index contributed by atoms with van der Waals surface area (Å²) >= 11 is 0. The quantitative estimate of drug-likeness (QED) is 0.797. The first-order valence-corrected chi connectivity index (χ1v) is 8.22. The number of ether oxygens (including phenoxy) is 1. The fourth-order valence-electron chi connectivity index (χ4n) is 4.09. The second-order valence-electron chi connectivity index (χ2n) is 6.56. The maximum Gasteiger partial charge on any atom is 0.0595 e. The molecule has 3 nitrogen and oxygen atoms in total. The molecule has 3 heteroatoms. The molecular formula is C16H32N2O. The van der Waals surface area contributed by atoms with E-state index in [0.29, 0.717) is 11.6 Å². The van der Waals surface area contributed by atoms with E-state index in [1.54, 1.807) is 0 Å². The van der Waals surface area contributed by atoms with E-state index in [1.807, 2.05) is 7.11 Å². The summed E-state index contributed by atoms with van der Waals surface area (Å²) in [5.41, 5.74) is 6.51. The third kappa shape index (κ3) is 3.50. The highest BCUT2D eigenvalue weighted by Crippen LogP contribution is 2.36. The maximum atomic E-state index is 6.22. The molecule has 0 amide bonds. The average Bonchev–Trinajstić information content (AvgIpc) is 2.70. The summed E-state index contributed by atoms with van der Waals surface area (Å²) in [4.78, 5) is 2.70. The van der Waals surface area contributed by atoms with Gasteiger partial charge < -0.3 is 10.5 Å². The van der Waals surface area contributed by atoms with Gasteiger partial charge in [-0.25, -0.2) is 0 Å². The highest BCUT2D eigenvalue weighted by molar-refractivity contribution is 4.96. The molecule has 2 atom stereocenters. The fourth-order valence-corrected chi connectivity index (χ4v) is 4.09. The normalized spacial score (nSPS) is 35.2. The fraction of sp³-hybridized carbons (Fsp3) is 1.00. The van der Waals surface area contributed by atoms with Crippen molar-refractivity contribution in [3.63, 3.8) is 0 Å². The predicted molar refractivity (Wildman–Crippen MR) is 80.3 cm³/mol. The zero-order chi connectivity index (χ0) is 13.7. The monoisotopic (exact) mass is 268 g/mol. The van der Waals surface area contributed by atoms with Crippen LogP contribution in [0.1, 0.15) is 58.3 Å². The summed E-state index contributed by atoms with van der Waals surface area (Å²) in [6, 6.07) is 0. The van der Waals surface area contributed by atoms with Gasteiger partial charge in [-0.1, -0.05) is 26.2 Å². The number of nitrogens with zero attached hydrogens (tertiary/aromatic N) is 1. The van der Waals surface area contributed by atoms with E-state index in [0.717, 1.165) is 12.5 Å². The predicted octanol–water partition coefficient (Wildman–Crippen LogP) is 2.79. The van der Waals surface area contributed by atoms with E-state index in [2.05, 4.69) is 11.8 Å². The smallest absolute Gasteiger partial charge is 0.0595 e. The molecule has 2 aliphatic rings. The van der Waals surface area contributed by atoms with Gasteiger partial charge in [-0.15, -0.1) is 0 Å². The number of likely N-dealkylation sites (tertiary alicyclic amines) is 1. The number of hydrogen-bond donors (Lipinski definition) is 1. The molecular weight excluding hydrogens is 236 g/mol. The minimum Gasteiger partial charge on any atom is -0.381 e. The largest absolute Gasteiger partial charge is 0.381 e. The Kier molecular flexibility index (Phi) is 5.67. The molecule has 1 aliphatic carbocycles. The Morgan fingerprint density at radius 1 is 1.16 bits per heavy atom. The van der Waals surface area contributed by atoms with Gasteiger partial charge in [0.2, 0.25) is 0 Å². The van der Waals surface area contributed by atoms with Crippen molar-refractivity contribution < 1.29 is 4.74 Å². The Morgan fingerprint density at radius 3 is 2.47 bits per heavy atom. The van der Waals surface area contributed by atoms with Crippen LogP contribution in [0.2, 0.25) is 0 Å². The molecule has 2 N–H and O–H groups in total. The van der Waals surface area contributed by atoms with Crippen LogP contribution >= 0.6 is 0 Å². The molecule has 19 heavy (non-hydrogen) atoms. The van der Waals surface area contributed by atoms with Gasteiger partial charge in [-0.05, 0) is 38.0 Å². The van der Waals surface area contributed by atoms with Crippen molar-refractivity contribution in [1.29, 1.82) is 0 Å². The average molecular weight is 268 g/mol. The first-order chi connectivity index (χ1) is 9.24. The van der Waals surface area contributed by atoms with Gasteiger partial charge in [0.05, 0.1) is 6.10 Å². The molecule has 0 bridgehead atoms. The van der Waals surface area contributed by atoms with Gasteiger partial charge in [0.1, 0.15) is 0 Å². The Balaban J connectivity index is 1.97. The van der Waals surface area contributed by atoms with E-state index >= 15 is 0 Å². The third-order valence-corrected chi connectivity index (χ3v) is 5.68. The Hall–Kier alpha value is -0.120. The van der Waals surface area contributed by atoms with E-state index < -0.39 is 0 Å². The van der Waals surface area contributed by atoms with Crippen molar-refractivity contribution in [2.45, 2.75) is 69.9 Å². The van der Waals surface area contributed by atoms with Crippen LogP contribution in [0.25, 0.3) is 0 Å². The molecule has 0 aromatic carbocycles. The SMILES string of the molecule is CCC1CCCC(CN)(N2CCC(OC)CC2)CC1. The lowest BCUT2D eigenvalue weighted by Gasteiger charge is -2.46. The molecule has 0 aromatic rings. The molecule has 0 aromatic heterocycles. The summed E-state index contributed by atoms with van der Waals surface area (Å²) in [6.45, 7) is 5.52. The molecule has 0 spiro atoms. The number of hydrogen-bond acceptors (Lipinski definition) is 3. The number of methoxy groups -OCH3 is 1. The molecule has 1 aliphatic heterocycles. The van der Waals surface area contributed by atoms with Crippen LogP contribution < -0.4 is 5.73 Å². The summed E-state index contributed by atoms with van der Waals surface area (Å²) in [6.07, 6.45) is 10.9. The first kappa shape index (κ1) is 15.3.